The number of hydrogen-bond donors (Lipinski definition) is 1. The zero-order chi connectivity index (χ0) is 20.3. The first-order valence-electron chi connectivity index (χ1n) is 9.36. The number of nitrogens with zero attached hydrogens (tertiary/aromatic N) is 1. The monoisotopic (exact) mass is 376 g/mol. The van der Waals surface area contributed by atoms with Crippen molar-refractivity contribution in [1.29, 1.82) is 0 Å². The van der Waals surface area contributed by atoms with E-state index in [9.17, 15) is 0 Å². The molecule has 0 atom stereocenters. The summed E-state index contributed by atoms with van der Waals surface area (Å²) in [6.07, 6.45) is 0. The first-order valence-corrected chi connectivity index (χ1v) is 9.36. The van der Waals surface area contributed by atoms with Crippen molar-refractivity contribution < 1.29 is 9.47 Å². The number of anilines is 1. The second-order valence-electron chi connectivity index (χ2n) is 7.16. The SMILES string of the molecule is COc1cccc(N(C)N)c1COc1ccc(-c2ccc(C)cc2C)cc1C. The Kier molecular flexibility index (Phi) is 5.90. The Morgan fingerprint density at radius 3 is 2.32 bits per heavy atom. The van der Waals surface area contributed by atoms with Gasteiger partial charge in [-0.15, -0.1) is 0 Å². The highest BCUT2D eigenvalue weighted by atomic mass is 16.5. The highest BCUT2D eigenvalue weighted by Gasteiger charge is 2.13. The zero-order valence-corrected chi connectivity index (χ0v) is 17.2. The van der Waals surface area contributed by atoms with Crippen LogP contribution in [-0.4, -0.2) is 14.2 Å². The molecule has 3 rings (SSSR count). The maximum absolute atomic E-state index is 6.13. The minimum atomic E-state index is 0.380. The zero-order valence-electron chi connectivity index (χ0n) is 17.2. The number of hydrazine groups is 1. The van der Waals surface area contributed by atoms with E-state index < -0.39 is 0 Å². The van der Waals surface area contributed by atoms with E-state index in [-0.39, 0.29) is 0 Å². The minimum Gasteiger partial charge on any atom is -0.496 e. The summed E-state index contributed by atoms with van der Waals surface area (Å²) in [6, 6.07) is 18.6. The van der Waals surface area contributed by atoms with Gasteiger partial charge in [-0.2, -0.15) is 0 Å². The molecule has 0 bridgehead atoms. The van der Waals surface area contributed by atoms with Crippen molar-refractivity contribution in [3.05, 3.63) is 76.9 Å². The predicted octanol–water partition coefficient (Wildman–Crippen LogP) is 5.18. The molecule has 0 saturated heterocycles. The third-order valence-corrected chi connectivity index (χ3v) is 4.95. The summed E-state index contributed by atoms with van der Waals surface area (Å²) in [5.74, 6) is 7.58. The van der Waals surface area contributed by atoms with Crippen LogP contribution in [0.1, 0.15) is 22.3 Å². The minimum absolute atomic E-state index is 0.380. The fourth-order valence-electron chi connectivity index (χ4n) is 3.49. The summed E-state index contributed by atoms with van der Waals surface area (Å²) in [5, 5.41) is 1.58. The first-order chi connectivity index (χ1) is 13.4. The van der Waals surface area contributed by atoms with E-state index in [4.69, 9.17) is 15.3 Å². The number of benzene rings is 3. The largest absolute Gasteiger partial charge is 0.496 e. The molecule has 28 heavy (non-hydrogen) atoms. The molecule has 0 saturated carbocycles. The molecule has 0 radical (unpaired) electrons. The van der Waals surface area contributed by atoms with Gasteiger partial charge in [-0.3, -0.25) is 0 Å². The highest BCUT2D eigenvalue weighted by molar-refractivity contribution is 5.69. The number of ether oxygens (including phenoxy) is 2. The summed E-state index contributed by atoms with van der Waals surface area (Å²) < 4.78 is 11.6. The molecular formula is C24H28N2O2. The van der Waals surface area contributed by atoms with Crippen LogP contribution in [0.2, 0.25) is 0 Å². The van der Waals surface area contributed by atoms with Gasteiger partial charge in [0.25, 0.3) is 0 Å². The Morgan fingerprint density at radius 2 is 1.68 bits per heavy atom. The Balaban J connectivity index is 1.85. The topological polar surface area (TPSA) is 47.7 Å². The van der Waals surface area contributed by atoms with Crippen molar-refractivity contribution in [1.82, 2.24) is 0 Å². The van der Waals surface area contributed by atoms with Gasteiger partial charge < -0.3 is 14.5 Å². The molecule has 146 valence electrons. The van der Waals surface area contributed by atoms with Crippen molar-refractivity contribution in [3.63, 3.8) is 0 Å². The summed E-state index contributed by atoms with van der Waals surface area (Å²) in [6.45, 7) is 6.71. The molecule has 0 spiro atoms. The summed E-state index contributed by atoms with van der Waals surface area (Å²) in [4.78, 5) is 0. The van der Waals surface area contributed by atoms with Gasteiger partial charge in [0.15, 0.2) is 0 Å². The molecule has 4 heteroatoms. The Hall–Kier alpha value is -2.98. The number of aryl methyl sites for hydroxylation is 3. The van der Waals surface area contributed by atoms with Crippen molar-refractivity contribution in [2.45, 2.75) is 27.4 Å². The van der Waals surface area contributed by atoms with E-state index in [1.165, 1.54) is 22.3 Å². The maximum atomic E-state index is 6.13. The average molecular weight is 377 g/mol. The van der Waals surface area contributed by atoms with Crippen LogP contribution in [0.3, 0.4) is 0 Å². The second kappa shape index (κ2) is 8.36. The van der Waals surface area contributed by atoms with Gasteiger partial charge in [-0.25, -0.2) is 5.84 Å². The lowest BCUT2D eigenvalue weighted by Gasteiger charge is -2.20. The molecule has 2 N–H and O–H groups in total. The third kappa shape index (κ3) is 4.12. The Morgan fingerprint density at radius 1 is 0.893 bits per heavy atom. The molecule has 4 nitrogen and oxygen atoms in total. The van der Waals surface area contributed by atoms with Gasteiger partial charge in [0.1, 0.15) is 18.1 Å². The van der Waals surface area contributed by atoms with Gasteiger partial charge in [0, 0.05) is 7.05 Å². The van der Waals surface area contributed by atoms with Crippen LogP contribution < -0.4 is 20.3 Å². The van der Waals surface area contributed by atoms with Crippen LogP contribution in [0, 0.1) is 20.8 Å². The van der Waals surface area contributed by atoms with E-state index >= 15 is 0 Å². The molecule has 0 unspecified atom stereocenters. The molecule has 0 aliphatic carbocycles. The number of methoxy groups -OCH3 is 1. The molecular weight excluding hydrogens is 348 g/mol. The molecule has 3 aromatic rings. The van der Waals surface area contributed by atoms with Crippen LogP contribution in [0.15, 0.2) is 54.6 Å². The van der Waals surface area contributed by atoms with Crippen LogP contribution >= 0.6 is 0 Å². The van der Waals surface area contributed by atoms with E-state index in [0.29, 0.717) is 6.61 Å². The van der Waals surface area contributed by atoms with E-state index in [2.05, 4.69) is 51.1 Å². The molecule has 0 aliphatic heterocycles. The lowest BCUT2D eigenvalue weighted by atomic mass is 9.97. The molecule has 0 aromatic heterocycles. The quantitative estimate of drug-likeness (QED) is 0.476. The van der Waals surface area contributed by atoms with Crippen LogP contribution in [0.4, 0.5) is 5.69 Å². The summed E-state index contributed by atoms with van der Waals surface area (Å²) in [7, 11) is 3.46. The van der Waals surface area contributed by atoms with Gasteiger partial charge in [-0.05, 0) is 67.3 Å². The van der Waals surface area contributed by atoms with Crippen molar-refractivity contribution >= 4 is 5.69 Å². The van der Waals surface area contributed by atoms with Crippen LogP contribution in [0.5, 0.6) is 11.5 Å². The molecule has 0 amide bonds. The number of rotatable bonds is 6. The third-order valence-electron chi connectivity index (χ3n) is 4.95. The fourth-order valence-corrected chi connectivity index (χ4v) is 3.49. The predicted molar refractivity (Wildman–Crippen MR) is 116 cm³/mol. The lowest BCUT2D eigenvalue weighted by Crippen LogP contribution is -2.26. The average Bonchev–Trinajstić information content (AvgIpc) is 2.66. The van der Waals surface area contributed by atoms with E-state index in [1.54, 1.807) is 12.1 Å². The van der Waals surface area contributed by atoms with Crippen molar-refractivity contribution in [2.75, 3.05) is 19.2 Å². The second-order valence-corrected chi connectivity index (χ2v) is 7.16. The van der Waals surface area contributed by atoms with Crippen molar-refractivity contribution in [3.8, 4) is 22.6 Å². The van der Waals surface area contributed by atoms with Crippen LogP contribution in [-0.2, 0) is 6.61 Å². The first kappa shape index (κ1) is 19.8. The highest BCUT2D eigenvalue weighted by Crippen LogP contribution is 2.32. The summed E-state index contributed by atoms with van der Waals surface area (Å²) in [5.41, 5.74) is 7.89. The van der Waals surface area contributed by atoms with Crippen LogP contribution in [0.25, 0.3) is 11.1 Å². The normalized spacial score (nSPS) is 10.6. The maximum Gasteiger partial charge on any atom is 0.127 e. The van der Waals surface area contributed by atoms with E-state index in [1.807, 2.05) is 31.3 Å². The smallest absolute Gasteiger partial charge is 0.127 e. The lowest BCUT2D eigenvalue weighted by molar-refractivity contribution is 0.295. The molecule has 0 heterocycles. The van der Waals surface area contributed by atoms with Gasteiger partial charge in [0.2, 0.25) is 0 Å². The van der Waals surface area contributed by atoms with Gasteiger partial charge in [0.05, 0.1) is 18.4 Å². The molecule has 0 fully saturated rings. The van der Waals surface area contributed by atoms with E-state index in [0.717, 1.165) is 28.3 Å². The fraction of sp³-hybridized carbons (Fsp3) is 0.250. The Bertz CT molecular complexity index is 980. The van der Waals surface area contributed by atoms with Gasteiger partial charge >= 0.3 is 0 Å². The standard InChI is InChI=1S/C24H28N2O2/c1-16-9-11-20(17(2)13-16)19-10-12-23(18(3)14-19)28-15-21-22(26(4)25)7-6-8-24(21)27-5/h6-14H,15,25H2,1-5H3. The molecule has 3 aromatic carbocycles. The molecule has 0 aliphatic rings. The van der Waals surface area contributed by atoms with Gasteiger partial charge in [-0.1, -0.05) is 35.9 Å². The van der Waals surface area contributed by atoms with Crippen molar-refractivity contribution in [2.24, 2.45) is 5.84 Å². The summed E-state index contributed by atoms with van der Waals surface area (Å²) >= 11 is 0. The Labute approximate surface area is 167 Å². The number of nitrogens with two attached hydrogens (primary N) is 1. The number of hydrogen-bond acceptors (Lipinski definition) is 4.